The van der Waals surface area contributed by atoms with E-state index in [0.717, 1.165) is 16.8 Å². The van der Waals surface area contributed by atoms with E-state index in [2.05, 4.69) is 5.32 Å². The number of hydrogen-bond acceptors (Lipinski definition) is 4. The minimum Gasteiger partial charge on any atom is -0.493 e. The number of carbonyl (C=O) groups excluding carboxylic acids is 1. The van der Waals surface area contributed by atoms with E-state index in [1.165, 1.54) is 0 Å². The molecule has 0 atom stereocenters. The summed E-state index contributed by atoms with van der Waals surface area (Å²) < 4.78 is 12.6. The van der Waals surface area contributed by atoms with Crippen LogP contribution in [0.15, 0.2) is 36.5 Å². The number of hydrogen-bond donors (Lipinski definition) is 1. The highest BCUT2D eigenvalue weighted by atomic mass is 16.5. The highest BCUT2D eigenvalue weighted by molar-refractivity contribution is 5.95. The van der Waals surface area contributed by atoms with Crippen molar-refractivity contribution in [3.8, 4) is 22.8 Å². The summed E-state index contributed by atoms with van der Waals surface area (Å²) in [6, 6.07) is 9.56. The van der Waals surface area contributed by atoms with Crippen LogP contribution in [0.1, 0.15) is 19.4 Å². The Kier molecular flexibility index (Phi) is 4.84. The van der Waals surface area contributed by atoms with Crippen LogP contribution in [0.5, 0.6) is 11.5 Å². The number of nitrogens with one attached hydrogen (secondary N) is 1. The Morgan fingerprint density at radius 2 is 1.85 bits per heavy atom. The van der Waals surface area contributed by atoms with Crippen molar-refractivity contribution in [1.29, 1.82) is 0 Å². The Morgan fingerprint density at radius 1 is 1.12 bits per heavy atom. The lowest BCUT2D eigenvalue weighted by atomic mass is 10.1. The summed E-state index contributed by atoms with van der Waals surface area (Å²) in [7, 11) is 3.19. The van der Waals surface area contributed by atoms with Crippen molar-refractivity contribution in [3.63, 3.8) is 0 Å². The lowest BCUT2D eigenvalue weighted by molar-refractivity contribution is -0.118. The molecule has 3 aromatic rings. The van der Waals surface area contributed by atoms with Crippen LogP contribution in [-0.2, 0) is 4.79 Å². The molecule has 0 aliphatic rings. The maximum Gasteiger partial charge on any atom is 0.228 e. The monoisotopic (exact) mass is 353 g/mol. The maximum atomic E-state index is 12.3. The van der Waals surface area contributed by atoms with Gasteiger partial charge < -0.3 is 14.8 Å². The van der Waals surface area contributed by atoms with Crippen molar-refractivity contribution >= 4 is 17.4 Å². The summed E-state index contributed by atoms with van der Waals surface area (Å²) in [5.41, 5.74) is 3.39. The van der Waals surface area contributed by atoms with E-state index < -0.39 is 0 Å². The highest BCUT2D eigenvalue weighted by Crippen LogP contribution is 2.35. The Morgan fingerprint density at radius 3 is 2.50 bits per heavy atom. The van der Waals surface area contributed by atoms with Crippen LogP contribution in [0.25, 0.3) is 16.9 Å². The van der Waals surface area contributed by atoms with Crippen molar-refractivity contribution in [2.24, 2.45) is 5.92 Å². The van der Waals surface area contributed by atoms with E-state index in [1.54, 1.807) is 14.2 Å². The lowest BCUT2D eigenvalue weighted by Gasteiger charge is -2.12. The average molecular weight is 353 g/mol. The quantitative estimate of drug-likeness (QED) is 0.755. The molecule has 26 heavy (non-hydrogen) atoms. The van der Waals surface area contributed by atoms with E-state index in [1.807, 2.05) is 61.7 Å². The second-order valence-corrected chi connectivity index (χ2v) is 6.46. The second-order valence-electron chi connectivity index (χ2n) is 6.46. The predicted octanol–water partition coefficient (Wildman–Crippen LogP) is 3.92. The van der Waals surface area contributed by atoms with Crippen molar-refractivity contribution < 1.29 is 14.3 Å². The average Bonchev–Trinajstić information content (AvgIpc) is 2.98. The van der Waals surface area contributed by atoms with Crippen molar-refractivity contribution in [3.05, 3.63) is 42.1 Å². The highest BCUT2D eigenvalue weighted by Gasteiger charge is 2.19. The number of amides is 1. The van der Waals surface area contributed by atoms with Crippen molar-refractivity contribution in [2.45, 2.75) is 20.8 Å². The summed E-state index contributed by atoms with van der Waals surface area (Å²) in [5, 5.41) is 3.01. The van der Waals surface area contributed by atoms with Gasteiger partial charge in [-0.2, -0.15) is 0 Å². The number of carbonyl (C=O) groups is 1. The topological polar surface area (TPSA) is 64.9 Å². The van der Waals surface area contributed by atoms with Crippen LogP contribution in [0.3, 0.4) is 0 Å². The minimum absolute atomic E-state index is 0.0610. The summed E-state index contributed by atoms with van der Waals surface area (Å²) in [5.74, 6) is 1.70. The molecular formula is C20H23N3O3. The molecule has 0 bridgehead atoms. The Balaban J connectivity index is 2.19. The molecule has 6 heteroatoms. The van der Waals surface area contributed by atoms with Gasteiger partial charge in [-0.25, -0.2) is 4.98 Å². The standard InChI is InChI=1S/C20H23N3O3/c1-12(2)20(24)22-19-18(21-17-10-13(3)8-9-23(17)19)14-6-7-15(25-4)16(11-14)26-5/h6-12H,1-5H3,(H,22,24). The van der Waals surface area contributed by atoms with Crippen molar-refractivity contribution in [2.75, 3.05) is 19.5 Å². The first-order valence-electron chi connectivity index (χ1n) is 8.46. The third-order valence-corrected chi connectivity index (χ3v) is 4.20. The Bertz CT molecular complexity index is 960. The molecular weight excluding hydrogens is 330 g/mol. The van der Waals surface area contributed by atoms with Gasteiger partial charge in [-0.05, 0) is 42.8 Å². The molecule has 1 N–H and O–H groups in total. The number of ether oxygens (including phenoxy) is 2. The molecule has 0 spiro atoms. The van der Waals surface area contributed by atoms with Crippen LogP contribution in [0, 0.1) is 12.8 Å². The Hall–Kier alpha value is -3.02. The molecule has 0 aliphatic carbocycles. The van der Waals surface area contributed by atoms with Crippen LogP contribution in [0.4, 0.5) is 5.82 Å². The van der Waals surface area contributed by atoms with E-state index in [-0.39, 0.29) is 11.8 Å². The molecule has 0 saturated heterocycles. The molecule has 2 heterocycles. The number of fused-ring (bicyclic) bond motifs is 1. The summed E-state index contributed by atoms with van der Waals surface area (Å²) in [6.07, 6.45) is 1.91. The first kappa shape index (κ1) is 17.8. The Labute approximate surface area is 152 Å². The molecule has 0 radical (unpaired) electrons. The van der Waals surface area contributed by atoms with Crippen LogP contribution in [0.2, 0.25) is 0 Å². The summed E-state index contributed by atoms with van der Waals surface area (Å²) in [4.78, 5) is 17.1. The fourth-order valence-corrected chi connectivity index (χ4v) is 2.71. The zero-order valence-electron chi connectivity index (χ0n) is 15.7. The van der Waals surface area contributed by atoms with Gasteiger partial charge in [0.25, 0.3) is 0 Å². The van der Waals surface area contributed by atoms with E-state index >= 15 is 0 Å². The van der Waals surface area contributed by atoms with Crippen LogP contribution < -0.4 is 14.8 Å². The second kappa shape index (κ2) is 7.07. The number of methoxy groups -OCH3 is 2. The number of aromatic nitrogens is 2. The minimum atomic E-state index is -0.135. The van der Waals surface area contributed by atoms with Gasteiger partial charge >= 0.3 is 0 Å². The van der Waals surface area contributed by atoms with Gasteiger partial charge in [0.1, 0.15) is 17.2 Å². The van der Waals surface area contributed by atoms with Gasteiger partial charge in [0.05, 0.1) is 14.2 Å². The van der Waals surface area contributed by atoms with E-state index in [9.17, 15) is 4.79 Å². The maximum absolute atomic E-state index is 12.3. The molecule has 0 unspecified atom stereocenters. The molecule has 0 aliphatic heterocycles. The van der Waals surface area contributed by atoms with Gasteiger partial charge in [0.15, 0.2) is 11.5 Å². The number of imidazole rings is 1. The molecule has 1 aromatic carbocycles. The molecule has 3 rings (SSSR count). The smallest absolute Gasteiger partial charge is 0.228 e. The molecule has 2 aromatic heterocycles. The molecule has 0 fully saturated rings. The number of anilines is 1. The molecule has 136 valence electrons. The zero-order valence-corrected chi connectivity index (χ0v) is 15.7. The van der Waals surface area contributed by atoms with Gasteiger partial charge in [-0.15, -0.1) is 0 Å². The first-order valence-corrected chi connectivity index (χ1v) is 8.46. The van der Waals surface area contributed by atoms with Gasteiger partial charge in [0.2, 0.25) is 5.91 Å². The lowest BCUT2D eigenvalue weighted by Crippen LogP contribution is -2.19. The van der Waals surface area contributed by atoms with Gasteiger partial charge in [-0.3, -0.25) is 9.20 Å². The molecule has 0 saturated carbocycles. The van der Waals surface area contributed by atoms with Crippen LogP contribution >= 0.6 is 0 Å². The van der Waals surface area contributed by atoms with Gasteiger partial charge in [-0.1, -0.05) is 13.8 Å². The number of aryl methyl sites for hydroxylation is 1. The number of benzene rings is 1. The largest absolute Gasteiger partial charge is 0.493 e. The SMILES string of the molecule is COc1ccc(-c2nc3cc(C)ccn3c2NC(=O)C(C)C)cc1OC. The number of pyridine rings is 1. The van der Waals surface area contributed by atoms with Crippen molar-refractivity contribution in [1.82, 2.24) is 9.38 Å². The van der Waals surface area contributed by atoms with Gasteiger partial charge in [0, 0.05) is 17.7 Å². The molecule has 1 amide bonds. The number of nitrogens with zero attached hydrogens (tertiary/aromatic N) is 2. The van der Waals surface area contributed by atoms with E-state index in [4.69, 9.17) is 14.5 Å². The predicted molar refractivity (Wildman–Crippen MR) is 102 cm³/mol. The fourth-order valence-electron chi connectivity index (χ4n) is 2.71. The number of rotatable bonds is 5. The normalized spacial score (nSPS) is 11.0. The molecule has 6 nitrogen and oxygen atoms in total. The van der Waals surface area contributed by atoms with Crippen LogP contribution in [-0.4, -0.2) is 29.5 Å². The third-order valence-electron chi connectivity index (χ3n) is 4.20. The van der Waals surface area contributed by atoms with E-state index in [0.29, 0.717) is 23.0 Å². The fraction of sp³-hybridized carbons (Fsp3) is 0.300. The first-order chi connectivity index (χ1) is 12.4. The summed E-state index contributed by atoms with van der Waals surface area (Å²) in [6.45, 7) is 5.73. The summed E-state index contributed by atoms with van der Waals surface area (Å²) >= 11 is 0. The zero-order chi connectivity index (χ0) is 18.8. The third kappa shape index (κ3) is 3.22.